The second-order valence-electron chi connectivity index (χ2n) is 6.32. The van der Waals surface area contributed by atoms with Crippen LogP contribution in [0.2, 0.25) is 5.02 Å². The molecule has 0 saturated carbocycles. The number of hydrogen-bond donors (Lipinski definition) is 2. The molecule has 3 N–H and O–H groups in total. The van der Waals surface area contributed by atoms with Crippen molar-refractivity contribution < 1.29 is 31.9 Å². The fourth-order valence-electron chi connectivity index (χ4n) is 2.74. The van der Waals surface area contributed by atoms with Crippen molar-refractivity contribution in [3.05, 3.63) is 70.1 Å². The van der Waals surface area contributed by atoms with Crippen molar-refractivity contribution in [2.75, 3.05) is 12.4 Å². The van der Waals surface area contributed by atoms with Crippen LogP contribution in [-0.2, 0) is 6.18 Å². The number of nitrogens with one attached hydrogen (secondary N) is 1. The van der Waals surface area contributed by atoms with Crippen molar-refractivity contribution in [1.82, 2.24) is 9.97 Å². The van der Waals surface area contributed by atoms with Crippen LogP contribution < -0.4 is 15.8 Å². The molecule has 1 heterocycles. The molecule has 12 heteroatoms. The van der Waals surface area contributed by atoms with Crippen molar-refractivity contribution in [3.63, 3.8) is 0 Å². The van der Waals surface area contributed by atoms with Gasteiger partial charge < -0.3 is 15.8 Å². The highest BCUT2D eigenvalue weighted by Crippen LogP contribution is 2.33. The average Bonchev–Trinajstić information content (AvgIpc) is 2.73. The fraction of sp³-hybridized carbons (Fsp3) is 0.100. The van der Waals surface area contributed by atoms with Crippen molar-refractivity contribution in [3.8, 4) is 17.3 Å². The molecule has 0 fully saturated rings. The summed E-state index contributed by atoms with van der Waals surface area (Å²) < 4.78 is 57.4. The van der Waals surface area contributed by atoms with E-state index < -0.39 is 29.4 Å². The van der Waals surface area contributed by atoms with Gasteiger partial charge in [0.1, 0.15) is 11.4 Å². The zero-order valence-electron chi connectivity index (χ0n) is 16.1. The number of carbonyl (C=O) groups is 2. The maximum Gasteiger partial charge on any atom is 0.419 e. The smallest absolute Gasteiger partial charge is 0.419 e. The van der Waals surface area contributed by atoms with Crippen molar-refractivity contribution in [1.29, 1.82) is 0 Å². The number of carbonyl (C=O) groups excluding carboxylic acids is 2. The van der Waals surface area contributed by atoms with E-state index in [1.165, 1.54) is 25.3 Å². The Hall–Kier alpha value is -3.73. The SMILES string of the molecule is COc1nc(-c2ccc(Cl)cc2C(=O)Nc2ccc(F)c(C(F)(F)F)c2)ncc1C(N)=O. The number of nitrogens with two attached hydrogens (primary N) is 1. The van der Waals surface area contributed by atoms with Gasteiger partial charge in [-0.1, -0.05) is 11.6 Å². The number of anilines is 1. The van der Waals surface area contributed by atoms with Gasteiger partial charge in [-0.3, -0.25) is 9.59 Å². The molecule has 0 spiro atoms. The standard InChI is InChI=1S/C20H13ClF4N4O3/c1-32-19-13(16(26)30)8-27-17(29-19)11-4-2-9(21)6-12(11)18(31)28-10-3-5-15(22)14(7-10)20(23,24)25/h2-8H,1H3,(H2,26,30)(H,28,31). The van der Waals surface area contributed by atoms with Crippen LogP contribution in [0, 0.1) is 5.82 Å². The summed E-state index contributed by atoms with van der Waals surface area (Å²) in [7, 11) is 1.25. The molecule has 1 aromatic heterocycles. The number of alkyl halides is 3. The minimum Gasteiger partial charge on any atom is -0.480 e. The molecule has 0 saturated heterocycles. The molecule has 0 aliphatic heterocycles. The molecule has 3 rings (SSSR count). The normalized spacial score (nSPS) is 11.2. The van der Waals surface area contributed by atoms with Gasteiger partial charge in [0.2, 0.25) is 5.88 Å². The molecule has 0 aliphatic carbocycles. The lowest BCUT2D eigenvalue weighted by Gasteiger charge is -2.13. The molecular formula is C20H13ClF4N4O3. The largest absolute Gasteiger partial charge is 0.480 e. The van der Waals surface area contributed by atoms with Gasteiger partial charge in [-0.15, -0.1) is 0 Å². The van der Waals surface area contributed by atoms with Crippen LogP contribution in [0.25, 0.3) is 11.4 Å². The third-order valence-corrected chi connectivity index (χ3v) is 4.44. The number of benzene rings is 2. The summed E-state index contributed by atoms with van der Waals surface area (Å²) in [5, 5.41) is 2.42. The van der Waals surface area contributed by atoms with Crippen LogP contribution in [0.4, 0.5) is 23.2 Å². The van der Waals surface area contributed by atoms with Gasteiger partial charge in [0.25, 0.3) is 11.8 Å². The highest BCUT2D eigenvalue weighted by atomic mass is 35.5. The van der Waals surface area contributed by atoms with E-state index in [1.54, 1.807) is 0 Å². The maximum absolute atomic E-state index is 13.5. The predicted octanol–water partition coefficient (Wildman–Crippen LogP) is 4.31. The van der Waals surface area contributed by atoms with Crippen LogP contribution in [-0.4, -0.2) is 28.9 Å². The first kappa shape index (κ1) is 22.9. The zero-order chi connectivity index (χ0) is 23.6. The van der Waals surface area contributed by atoms with E-state index in [0.717, 1.165) is 12.3 Å². The van der Waals surface area contributed by atoms with Gasteiger partial charge in [0.05, 0.1) is 18.2 Å². The number of hydrogen-bond acceptors (Lipinski definition) is 5. The first-order valence-corrected chi connectivity index (χ1v) is 9.08. The molecule has 0 unspecified atom stereocenters. The number of amides is 2. The Morgan fingerprint density at radius 2 is 1.84 bits per heavy atom. The van der Waals surface area contributed by atoms with Crippen LogP contribution in [0.15, 0.2) is 42.6 Å². The van der Waals surface area contributed by atoms with Gasteiger partial charge >= 0.3 is 6.18 Å². The van der Waals surface area contributed by atoms with E-state index in [4.69, 9.17) is 22.1 Å². The summed E-state index contributed by atoms with van der Waals surface area (Å²) in [6.45, 7) is 0. The van der Waals surface area contributed by atoms with Crippen LogP contribution in [0.1, 0.15) is 26.3 Å². The van der Waals surface area contributed by atoms with Crippen molar-refractivity contribution in [2.24, 2.45) is 5.73 Å². The second-order valence-corrected chi connectivity index (χ2v) is 6.75. The Kier molecular flexibility index (Phi) is 6.30. The topological polar surface area (TPSA) is 107 Å². The fourth-order valence-corrected chi connectivity index (χ4v) is 2.91. The highest BCUT2D eigenvalue weighted by molar-refractivity contribution is 6.31. The summed E-state index contributed by atoms with van der Waals surface area (Å²) in [6.07, 6.45) is -3.84. The Labute approximate surface area is 183 Å². The molecule has 3 aromatic rings. The summed E-state index contributed by atoms with van der Waals surface area (Å²) in [4.78, 5) is 32.3. The molecule has 2 aromatic carbocycles. The quantitative estimate of drug-likeness (QED) is 0.542. The Balaban J connectivity index is 2.02. The van der Waals surface area contributed by atoms with E-state index >= 15 is 0 Å². The van der Waals surface area contributed by atoms with E-state index in [1.807, 2.05) is 0 Å². The molecule has 166 valence electrons. The number of rotatable bonds is 5. The Morgan fingerprint density at radius 1 is 1.12 bits per heavy atom. The van der Waals surface area contributed by atoms with E-state index in [-0.39, 0.29) is 39.1 Å². The summed E-state index contributed by atoms with van der Waals surface area (Å²) in [5.41, 5.74) is 3.35. The number of ether oxygens (including phenoxy) is 1. The maximum atomic E-state index is 13.5. The average molecular weight is 469 g/mol. The second kappa shape index (κ2) is 8.79. The van der Waals surface area contributed by atoms with Gasteiger partial charge in [0.15, 0.2) is 5.82 Å². The molecule has 0 aliphatic rings. The third-order valence-electron chi connectivity index (χ3n) is 4.21. The number of methoxy groups -OCH3 is 1. The number of primary amides is 1. The Bertz CT molecular complexity index is 1220. The van der Waals surface area contributed by atoms with Gasteiger partial charge in [-0.25, -0.2) is 9.37 Å². The lowest BCUT2D eigenvalue weighted by Crippen LogP contribution is -2.16. The minimum absolute atomic E-state index is 0.0382. The molecule has 32 heavy (non-hydrogen) atoms. The van der Waals surface area contributed by atoms with Crippen LogP contribution in [0.3, 0.4) is 0 Å². The van der Waals surface area contributed by atoms with Crippen LogP contribution >= 0.6 is 11.6 Å². The molecular weight excluding hydrogens is 456 g/mol. The summed E-state index contributed by atoms with van der Waals surface area (Å²) >= 11 is 5.98. The molecule has 0 atom stereocenters. The highest BCUT2D eigenvalue weighted by Gasteiger charge is 2.34. The molecule has 0 radical (unpaired) electrons. The Morgan fingerprint density at radius 3 is 2.47 bits per heavy atom. The van der Waals surface area contributed by atoms with Crippen molar-refractivity contribution in [2.45, 2.75) is 6.18 Å². The zero-order valence-corrected chi connectivity index (χ0v) is 16.9. The lowest BCUT2D eigenvalue weighted by atomic mass is 10.1. The predicted molar refractivity (Wildman–Crippen MR) is 107 cm³/mol. The lowest BCUT2D eigenvalue weighted by molar-refractivity contribution is -0.139. The van der Waals surface area contributed by atoms with Gasteiger partial charge in [-0.2, -0.15) is 18.2 Å². The monoisotopic (exact) mass is 468 g/mol. The van der Waals surface area contributed by atoms with Gasteiger partial charge in [-0.05, 0) is 36.4 Å². The minimum atomic E-state index is -4.95. The molecule has 7 nitrogen and oxygen atoms in total. The molecule has 0 bridgehead atoms. The number of halogens is 5. The van der Waals surface area contributed by atoms with Crippen LogP contribution in [0.5, 0.6) is 5.88 Å². The summed E-state index contributed by atoms with van der Waals surface area (Å²) in [5.74, 6) is -3.35. The van der Waals surface area contributed by atoms with E-state index in [0.29, 0.717) is 12.1 Å². The van der Waals surface area contributed by atoms with E-state index in [2.05, 4.69) is 15.3 Å². The van der Waals surface area contributed by atoms with Gasteiger partial charge in [0, 0.05) is 22.5 Å². The number of nitrogens with zero attached hydrogens (tertiary/aromatic N) is 2. The molecule has 2 amide bonds. The summed E-state index contributed by atoms with van der Waals surface area (Å²) in [6, 6.07) is 6.13. The third kappa shape index (κ3) is 4.78. The number of aromatic nitrogens is 2. The first-order chi connectivity index (χ1) is 15.0. The van der Waals surface area contributed by atoms with Crippen molar-refractivity contribution >= 4 is 29.1 Å². The first-order valence-electron chi connectivity index (χ1n) is 8.70. The van der Waals surface area contributed by atoms with E-state index in [9.17, 15) is 27.2 Å².